The van der Waals surface area contributed by atoms with E-state index in [0.717, 1.165) is 18.2 Å². The molecule has 1 aromatic rings. The summed E-state index contributed by atoms with van der Waals surface area (Å²) in [6.45, 7) is -1.08. The third kappa shape index (κ3) is 3.88. The fourth-order valence-corrected chi connectivity index (χ4v) is 1.47. The Labute approximate surface area is 120 Å². The second kappa shape index (κ2) is 6.15. The minimum absolute atomic E-state index is 0.118. The summed E-state index contributed by atoms with van der Waals surface area (Å²) >= 11 is 11.2. The van der Waals surface area contributed by atoms with Crippen LogP contribution in [0.2, 0.25) is 10.0 Å². The number of hydrogen-bond acceptors (Lipinski definition) is 4. The Hall–Kier alpha value is -1.72. The van der Waals surface area contributed by atoms with E-state index in [4.69, 9.17) is 28.5 Å². The molecule has 0 bridgehead atoms. The minimum atomic E-state index is -4.79. The maximum absolute atomic E-state index is 12.3. The lowest BCUT2D eigenvalue weighted by atomic mass is 10.2. The van der Waals surface area contributed by atoms with Gasteiger partial charge in [0.1, 0.15) is 6.61 Å². The van der Waals surface area contributed by atoms with Crippen molar-refractivity contribution in [1.82, 2.24) is 0 Å². The third-order valence-electron chi connectivity index (χ3n) is 2.16. The van der Waals surface area contributed by atoms with Crippen molar-refractivity contribution in [3.05, 3.63) is 32.3 Å². The molecule has 0 fully saturated rings. The zero-order valence-corrected chi connectivity index (χ0v) is 11.0. The van der Waals surface area contributed by atoms with Gasteiger partial charge in [0.15, 0.2) is 11.7 Å². The van der Waals surface area contributed by atoms with Gasteiger partial charge in [0.2, 0.25) is 0 Å². The molecule has 0 N–H and O–H groups in total. The lowest BCUT2D eigenvalue weighted by molar-refractivity contribution is -0.386. The first-order valence-electron chi connectivity index (χ1n) is 4.89. The fraction of sp³-hybridized carbons (Fsp3) is 0.300. The number of halogens is 5. The van der Waals surface area contributed by atoms with Crippen LogP contribution in [0.1, 0.15) is 0 Å². The van der Waals surface area contributed by atoms with Crippen molar-refractivity contribution in [3.63, 3.8) is 0 Å². The molecule has 20 heavy (non-hydrogen) atoms. The predicted molar refractivity (Wildman–Crippen MR) is 63.8 cm³/mol. The van der Waals surface area contributed by atoms with Gasteiger partial charge in [-0.1, -0.05) is 23.2 Å². The fourth-order valence-electron chi connectivity index (χ4n) is 1.15. The van der Waals surface area contributed by atoms with E-state index in [1.54, 1.807) is 0 Å². The zero-order valence-electron chi connectivity index (χ0n) is 9.45. The molecule has 10 heteroatoms. The molecule has 0 amide bonds. The molecule has 0 heterocycles. The molecular weight excluding hydrogens is 324 g/mol. The van der Waals surface area contributed by atoms with E-state index in [1.165, 1.54) is 0 Å². The molecule has 0 aliphatic heterocycles. The largest absolute Gasteiger partial charge is 0.485 e. The highest BCUT2D eigenvalue weighted by molar-refractivity contribution is 6.42. The number of nitro benzene ring substituents is 1. The summed E-state index contributed by atoms with van der Waals surface area (Å²) in [6.07, 6.45) is -4.79. The van der Waals surface area contributed by atoms with Gasteiger partial charge < -0.3 is 4.74 Å². The maximum atomic E-state index is 12.3. The van der Waals surface area contributed by atoms with Gasteiger partial charge in [-0.05, 0) is 0 Å². The minimum Gasteiger partial charge on any atom is -0.485 e. The Morgan fingerprint density at radius 2 is 1.95 bits per heavy atom. The summed E-state index contributed by atoms with van der Waals surface area (Å²) in [7, 11) is 0. The van der Waals surface area contributed by atoms with Crippen LogP contribution in [-0.4, -0.2) is 17.7 Å². The zero-order chi connectivity index (χ0) is 15.5. The summed E-state index contributed by atoms with van der Waals surface area (Å²) < 4.78 is 41.7. The average Bonchev–Trinajstić information content (AvgIpc) is 2.31. The molecular formula is C10H5Cl2F3N2O3. The van der Waals surface area contributed by atoms with Crippen molar-refractivity contribution in [3.8, 4) is 11.8 Å². The van der Waals surface area contributed by atoms with E-state index in [2.05, 4.69) is 4.74 Å². The van der Waals surface area contributed by atoms with Gasteiger partial charge in [0.05, 0.1) is 21.0 Å². The quantitative estimate of drug-likeness (QED) is 0.618. The van der Waals surface area contributed by atoms with Crippen LogP contribution in [0.25, 0.3) is 0 Å². The van der Waals surface area contributed by atoms with Gasteiger partial charge in [0.25, 0.3) is 0 Å². The van der Waals surface area contributed by atoms with Crippen LogP contribution < -0.4 is 4.74 Å². The van der Waals surface area contributed by atoms with Gasteiger partial charge in [-0.3, -0.25) is 10.1 Å². The number of hydrogen-bond donors (Lipinski definition) is 0. The maximum Gasteiger partial charge on any atom is 0.407 e. The van der Waals surface area contributed by atoms with E-state index < -0.39 is 35.1 Å². The van der Waals surface area contributed by atoms with Crippen LogP contribution in [-0.2, 0) is 0 Å². The van der Waals surface area contributed by atoms with E-state index in [0.29, 0.717) is 0 Å². The normalized spacial score (nSPS) is 12.6. The molecule has 0 saturated heterocycles. The number of nitro groups is 1. The third-order valence-corrected chi connectivity index (χ3v) is 2.88. The van der Waals surface area contributed by atoms with Gasteiger partial charge in [0, 0.05) is 12.1 Å². The summed E-state index contributed by atoms with van der Waals surface area (Å²) in [4.78, 5) is 9.85. The highest BCUT2D eigenvalue weighted by Gasteiger charge is 2.41. The summed E-state index contributed by atoms with van der Waals surface area (Å²) in [5, 5.41) is 18.9. The summed E-state index contributed by atoms with van der Waals surface area (Å²) in [6, 6.07) is 2.79. The molecule has 1 atom stereocenters. The lowest BCUT2D eigenvalue weighted by Crippen LogP contribution is -2.27. The second-order valence-corrected chi connectivity index (χ2v) is 4.34. The van der Waals surface area contributed by atoms with Crippen molar-refractivity contribution < 1.29 is 22.8 Å². The van der Waals surface area contributed by atoms with E-state index >= 15 is 0 Å². The van der Waals surface area contributed by atoms with Crippen molar-refractivity contribution in [2.75, 3.05) is 6.61 Å². The van der Waals surface area contributed by atoms with Gasteiger partial charge in [-0.2, -0.15) is 18.4 Å². The molecule has 5 nitrogen and oxygen atoms in total. The molecule has 108 valence electrons. The topological polar surface area (TPSA) is 76.2 Å². The summed E-state index contributed by atoms with van der Waals surface area (Å²) in [5.41, 5.74) is -0.640. The van der Waals surface area contributed by atoms with Crippen molar-refractivity contribution >= 4 is 28.9 Å². The molecule has 1 rings (SSSR count). The van der Waals surface area contributed by atoms with E-state index in [-0.39, 0.29) is 10.0 Å². The summed E-state index contributed by atoms with van der Waals surface area (Å²) in [5.74, 6) is -2.90. The number of ether oxygens (including phenoxy) is 1. The number of nitriles is 1. The Morgan fingerprint density at radius 3 is 2.40 bits per heavy atom. The Morgan fingerprint density at radius 1 is 1.40 bits per heavy atom. The van der Waals surface area contributed by atoms with Gasteiger partial charge in [-0.25, -0.2) is 0 Å². The Balaban J connectivity index is 3.01. The van der Waals surface area contributed by atoms with Crippen LogP contribution in [0.15, 0.2) is 12.1 Å². The van der Waals surface area contributed by atoms with Crippen LogP contribution in [0, 0.1) is 27.4 Å². The molecule has 1 aromatic carbocycles. The highest BCUT2D eigenvalue weighted by Crippen LogP contribution is 2.36. The van der Waals surface area contributed by atoms with Gasteiger partial charge >= 0.3 is 11.9 Å². The molecule has 0 saturated carbocycles. The number of nitrogens with zero attached hydrogens (tertiary/aromatic N) is 2. The lowest BCUT2D eigenvalue weighted by Gasteiger charge is -2.14. The van der Waals surface area contributed by atoms with Crippen LogP contribution in [0.3, 0.4) is 0 Å². The molecule has 0 spiro atoms. The van der Waals surface area contributed by atoms with Crippen LogP contribution >= 0.6 is 23.2 Å². The number of alkyl halides is 3. The van der Waals surface area contributed by atoms with E-state index in [9.17, 15) is 23.3 Å². The first kappa shape index (κ1) is 16.3. The number of benzene rings is 1. The smallest absolute Gasteiger partial charge is 0.407 e. The molecule has 0 aliphatic rings. The first-order chi connectivity index (χ1) is 9.16. The van der Waals surface area contributed by atoms with Crippen molar-refractivity contribution in [1.29, 1.82) is 5.26 Å². The molecule has 0 aromatic heterocycles. The Bertz CT molecular complexity index is 572. The van der Waals surface area contributed by atoms with E-state index in [1.807, 2.05) is 0 Å². The van der Waals surface area contributed by atoms with Gasteiger partial charge in [-0.15, -0.1) is 0 Å². The highest BCUT2D eigenvalue weighted by atomic mass is 35.5. The first-order valence-corrected chi connectivity index (χ1v) is 5.65. The predicted octanol–water partition coefficient (Wildman–Crippen LogP) is 3.98. The molecule has 0 radical (unpaired) electrons. The molecule has 0 aliphatic carbocycles. The van der Waals surface area contributed by atoms with Crippen LogP contribution in [0.5, 0.6) is 5.75 Å². The molecule has 1 unspecified atom stereocenters. The average molecular weight is 329 g/mol. The van der Waals surface area contributed by atoms with Crippen LogP contribution in [0.4, 0.5) is 18.9 Å². The SMILES string of the molecule is N#CC(COc1cc(Cl)c(Cl)cc1[N+](=O)[O-])C(F)(F)F. The monoisotopic (exact) mass is 328 g/mol. The Kier molecular flexibility index (Phi) is 5.03. The van der Waals surface area contributed by atoms with Crippen molar-refractivity contribution in [2.45, 2.75) is 6.18 Å². The van der Waals surface area contributed by atoms with Crippen molar-refractivity contribution in [2.24, 2.45) is 5.92 Å². The second-order valence-electron chi connectivity index (χ2n) is 3.53. The standard InChI is InChI=1S/C10H5Cl2F3N2O3/c11-6-1-8(17(18)19)9(2-7(6)12)20-4-5(3-16)10(13,14)15/h1-2,5H,4H2. The number of rotatable bonds is 4.